The van der Waals surface area contributed by atoms with Crippen LogP contribution in [-0.2, 0) is 289 Å². The van der Waals surface area contributed by atoms with Crippen molar-refractivity contribution >= 4 is 5.97 Å². The molecule has 21 nitrogen and oxygen atoms in total. The van der Waals surface area contributed by atoms with E-state index in [9.17, 15) is 4.79 Å². The molecule has 10 aromatic rings. The van der Waals surface area contributed by atoms with Crippen molar-refractivity contribution in [2.45, 2.75) is 289 Å². The third-order valence-electron chi connectivity index (χ3n) is 14.9. The van der Waals surface area contributed by atoms with Gasteiger partial charge in [0.05, 0.1) is 0 Å². The van der Waals surface area contributed by atoms with E-state index in [1.54, 1.807) is 35.5 Å². The van der Waals surface area contributed by atoms with Gasteiger partial charge in [0.15, 0.2) is 0 Å². The van der Waals surface area contributed by atoms with Crippen LogP contribution < -0.4 is 0 Å². The van der Waals surface area contributed by atoms with Crippen LogP contribution in [0.3, 0.4) is 0 Å². The van der Waals surface area contributed by atoms with Gasteiger partial charge in [0.25, 0.3) is 0 Å². The number of carbonyl (C=O) groups is 1. The molecule has 660 valence electrons. The van der Waals surface area contributed by atoms with Gasteiger partial charge in [-0.25, -0.2) is 4.79 Å². The number of ether oxygens (including phenoxy) is 1. The van der Waals surface area contributed by atoms with Gasteiger partial charge in [-0.15, -0.1) is 90.4 Å². The van der Waals surface area contributed by atoms with Crippen molar-refractivity contribution in [2.75, 3.05) is 0 Å². The molecule has 0 saturated carbocycles. The number of aromatic nitrogens is 19. The van der Waals surface area contributed by atoms with Crippen LogP contribution >= 0.6 is 0 Å². The third kappa shape index (κ3) is 59.9. The first-order valence-electron chi connectivity index (χ1n) is 36.0. The number of nitrogens with zero attached hydrogens (tertiary/aromatic N) is 16. The Labute approximate surface area is 843 Å². The van der Waals surface area contributed by atoms with E-state index in [0.717, 1.165) is 45.4 Å². The maximum atomic E-state index is 10.6. The van der Waals surface area contributed by atoms with E-state index in [2.05, 4.69) is 351 Å². The molecule has 11 heterocycles. The van der Waals surface area contributed by atoms with Crippen LogP contribution in [0.5, 0.6) is 0 Å². The summed E-state index contributed by atoms with van der Waals surface area (Å²) < 4.78 is 10.5. The van der Waals surface area contributed by atoms with Crippen LogP contribution in [0, 0.1) is 67.8 Å². The molecule has 0 fully saturated rings. The molecule has 0 aromatic carbocycles. The average molecular weight is 3320 g/mol. The summed E-state index contributed by atoms with van der Waals surface area (Å²) in [7, 11) is 5.78. The monoisotopic (exact) mass is 3330 g/mol. The Morgan fingerprint density at radius 3 is 1.21 bits per heavy atom. The number of hydrogen-bond donors (Lipinski definition) is 3. The number of imidazole rings is 2. The second kappa shape index (κ2) is 61.8. The number of nitrogens with one attached hydrogen (secondary N) is 3. The van der Waals surface area contributed by atoms with Gasteiger partial charge < -0.3 is 99.1 Å². The molecule has 11 rings (SSSR count). The Morgan fingerprint density at radius 2 is 0.991 bits per heavy atom. The number of carbonyl (C=O) groups excluding carboxylic acids is 1. The minimum Gasteiger partial charge on any atom is -0.464 e. The van der Waals surface area contributed by atoms with Crippen molar-refractivity contribution in [3.8, 4) is 0 Å². The number of aryl methyl sites for hydroxylation is 3. The van der Waals surface area contributed by atoms with Gasteiger partial charge in [0, 0.05) is 248 Å². The summed E-state index contributed by atoms with van der Waals surface area (Å²) in [5.74, 6) is 0.620. The van der Waals surface area contributed by atoms with E-state index >= 15 is 0 Å². The van der Waals surface area contributed by atoms with Crippen LogP contribution in [0.15, 0.2) is 104 Å². The molecule has 31 heteroatoms. The summed E-state index contributed by atoms with van der Waals surface area (Å²) in [5, 5.41) is 21.0. The van der Waals surface area contributed by atoms with Gasteiger partial charge >= 0.3 is 5.97 Å². The van der Waals surface area contributed by atoms with Gasteiger partial charge in [0.2, 0.25) is 0 Å². The van der Waals surface area contributed by atoms with Crippen LogP contribution in [0.2, 0.25) is 0 Å². The number of aromatic amines is 3. The summed E-state index contributed by atoms with van der Waals surface area (Å²) in [5.41, 5.74) is 11.7. The zero-order chi connectivity index (χ0) is 82.3. The quantitative estimate of drug-likeness (QED) is 0.0942. The zero-order valence-corrected chi connectivity index (χ0v) is 103. The normalized spacial score (nSPS) is 11.9. The van der Waals surface area contributed by atoms with Crippen molar-refractivity contribution < 1.29 is 214 Å². The Bertz CT molecular complexity index is 3640. The van der Waals surface area contributed by atoms with E-state index < -0.39 is 0 Å². The molecule has 0 spiro atoms. The predicted molar refractivity (Wildman–Crippen MR) is 430 cm³/mol. The van der Waals surface area contributed by atoms with Crippen molar-refractivity contribution in [3.05, 3.63) is 223 Å². The van der Waals surface area contributed by atoms with Gasteiger partial charge in [-0.1, -0.05) is 310 Å². The van der Waals surface area contributed by atoms with Gasteiger partial charge in [-0.05, 0) is 52.9 Å². The first kappa shape index (κ1) is 135. The molecule has 0 amide bonds. The molecule has 0 bridgehead atoms. The molecule has 10 radical (unpaired) electrons. The van der Waals surface area contributed by atoms with Crippen molar-refractivity contribution in [1.29, 1.82) is 0 Å². The largest absolute Gasteiger partial charge is 0.464 e. The number of rotatable bonds is 0. The number of cyclic esters (lactones) is 1. The molecule has 1 atom stereocenters. The Morgan fingerprint density at radius 1 is 0.444 bits per heavy atom. The smallest absolute Gasteiger partial charge is 0.331 e. The molecule has 0 aliphatic carbocycles. The number of hydrogen-bond acceptors (Lipinski definition) is 15. The van der Waals surface area contributed by atoms with Crippen molar-refractivity contribution in [2.24, 2.45) is 26.6 Å². The summed E-state index contributed by atoms with van der Waals surface area (Å²) in [6.07, 6.45) is 45.4. The molecule has 1 aliphatic heterocycles. The Balaban J connectivity index is -0.000000133. The van der Waals surface area contributed by atoms with E-state index in [1.165, 1.54) is 23.7 Å². The summed E-state index contributed by atoms with van der Waals surface area (Å²) in [6, 6.07) is 13.2. The molecule has 10 aromatic heterocycles. The summed E-state index contributed by atoms with van der Waals surface area (Å²) in [6.45, 7) is 70.2. The fourth-order valence-corrected chi connectivity index (χ4v) is 7.91. The molecule has 1 unspecified atom stereocenters. The minimum absolute atomic E-state index is 0. The second-order valence-electron chi connectivity index (χ2n) is 37.0. The standard InChI is InChI=1S/C9H12N.3C8H13N2.3C8H11N2.C8H12O2.3C7H11N2.10Re/c1-9(2,3)8-4-6-10-7-5-8;1-8(2,3)7-5-10(4)6-9-7;1-8(2,3)7-5-9-10(4)6-7;1-8(2,3)7-5-6-9-10(7)4;2*1-8(2,3)7-4-5-9-6-10-7;1-8(2,3)7-9-5-4-6-10-7;1-8(2,3)6-4-5-7(9)10-6;1-7(2,3)6-4-8-5-9-6;1-7(2,3)6-4-8-9-5-6;1-7(2,3)6-4-5-8-9-6;;;;;;;;;;/h4-6H,1-3H3;5H,1-4H3;6H,1-4H3;5H,1-4H3;4,6H,1-3H3;2*4-5H,1-3H3;4-6H,1-3H3;3*4H,1-3H3,(H,8,9);;;;;;;;;;/q7*-1;;3*-1;;;;;;;;;;. The van der Waals surface area contributed by atoms with Crippen LogP contribution in [0.25, 0.3) is 0 Å². The molecule has 3 N–H and O–H groups in total. The van der Waals surface area contributed by atoms with Crippen LogP contribution in [0.4, 0.5) is 0 Å². The number of esters is 1. The maximum absolute atomic E-state index is 10.6. The molecular weight excluding hydrogens is 3190 g/mol. The van der Waals surface area contributed by atoms with Gasteiger partial charge in [-0.3, -0.25) is 0 Å². The fraction of sp³-hybridized carbons (Fsp3) is 0.558. The topological polar surface area (TPSA) is 256 Å². The van der Waals surface area contributed by atoms with E-state index in [-0.39, 0.29) is 276 Å². The molecule has 0 saturated heterocycles. The second-order valence-corrected chi connectivity index (χ2v) is 37.0. The predicted octanol–water partition coefficient (Wildman–Crippen LogP) is 17.5. The summed E-state index contributed by atoms with van der Waals surface area (Å²) in [4.78, 5) is 49.0. The fourth-order valence-electron chi connectivity index (χ4n) is 7.91. The number of pyridine rings is 1. The van der Waals surface area contributed by atoms with E-state index in [0.29, 0.717) is 0 Å². The number of H-pyrrole nitrogens is 3. The van der Waals surface area contributed by atoms with Crippen molar-refractivity contribution in [1.82, 2.24) is 94.4 Å². The first-order chi connectivity index (χ1) is 48.7. The van der Waals surface area contributed by atoms with Gasteiger partial charge in [-0.2, -0.15) is 35.4 Å². The molecule has 1 aliphatic rings. The van der Waals surface area contributed by atoms with Crippen LogP contribution in [0.1, 0.15) is 285 Å². The first-order valence-corrected chi connectivity index (χ1v) is 36.0. The van der Waals surface area contributed by atoms with Gasteiger partial charge in [0.1, 0.15) is 6.10 Å². The average Bonchev–Trinajstić information content (AvgIpc) is 1.59. The Kier molecular flexibility index (Phi) is 71.3. The maximum Gasteiger partial charge on any atom is 0.331 e. The Hall–Kier alpha value is -2.52. The summed E-state index contributed by atoms with van der Waals surface area (Å²) >= 11 is 0. The minimum atomic E-state index is -0.222. The van der Waals surface area contributed by atoms with E-state index in [4.69, 9.17) is 4.74 Å². The van der Waals surface area contributed by atoms with E-state index in [1.807, 2.05) is 112 Å². The zero-order valence-electron chi connectivity index (χ0n) is 75.6. The SMILES string of the molecule is CC(C)(C)C1C=CC(=O)O1.CC(C)(C)c1[c-]n[nH]c1.CC(C)(C)c1c[c-]n[nH]1.CC(C)(C)c1c[c-]ncc1.CC(C)(C)c1c[c-]ncn1.CC(C)(C)c1ccn[c-]n1.CC(C)(C)c1cn[c-][nH]1.CC(C)(C)c1n[c-]ccn1.Cn1[c-]nc(C(C)(C)C)c1.Cn1cc(C(C)(C)C)[c-]n1.Cn1n[c-]cc1C(C)(C)C.[Re].[Re].[Re].[Re].[Re].[Re].[Re].[Re].[Re].[Re]. The molecule has 117 heavy (non-hydrogen) atoms. The van der Waals surface area contributed by atoms with Crippen molar-refractivity contribution in [3.63, 3.8) is 0 Å². The molecular formula is C86H129N19O2Re10-10. The van der Waals surface area contributed by atoms with Crippen LogP contribution in [-0.4, -0.2) is 106 Å². The third-order valence-corrected chi connectivity index (χ3v) is 14.9.